The monoisotopic (exact) mass is 269 g/mol. The van der Waals surface area contributed by atoms with E-state index in [1.54, 1.807) is 0 Å². The Hall–Kier alpha value is -0.380. The molecular formula is C12H16BrNO. The molecule has 1 fully saturated rings. The number of nitrogens with one attached hydrogen (secondary N) is 1. The minimum absolute atomic E-state index is 0.104. The van der Waals surface area contributed by atoms with Crippen molar-refractivity contribution >= 4 is 15.9 Å². The molecule has 2 unspecified atom stereocenters. The molecule has 0 saturated carbocycles. The molecule has 2 atom stereocenters. The molecule has 0 radical (unpaired) electrons. The molecule has 2 rings (SSSR count). The molecule has 0 aliphatic carbocycles. The molecule has 1 aromatic carbocycles. The molecule has 3 heteroatoms. The fourth-order valence-corrected chi connectivity index (χ4v) is 2.59. The van der Waals surface area contributed by atoms with Crippen molar-refractivity contribution in [3.63, 3.8) is 0 Å². The van der Waals surface area contributed by atoms with Gasteiger partial charge in [0.15, 0.2) is 0 Å². The number of halogens is 1. The van der Waals surface area contributed by atoms with E-state index in [0.717, 1.165) is 17.4 Å². The van der Waals surface area contributed by atoms with Crippen LogP contribution in [0, 0.1) is 0 Å². The molecule has 1 aliphatic rings. The van der Waals surface area contributed by atoms with Gasteiger partial charge in [0.1, 0.15) is 0 Å². The van der Waals surface area contributed by atoms with Gasteiger partial charge in [-0.3, -0.25) is 0 Å². The Morgan fingerprint density at radius 2 is 2.40 bits per heavy atom. The van der Waals surface area contributed by atoms with E-state index in [1.807, 2.05) is 6.07 Å². The van der Waals surface area contributed by atoms with E-state index in [2.05, 4.69) is 46.4 Å². The van der Waals surface area contributed by atoms with Crippen molar-refractivity contribution in [3.05, 3.63) is 34.3 Å². The second-order valence-corrected chi connectivity index (χ2v) is 5.47. The van der Waals surface area contributed by atoms with Gasteiger partial charge in [-0.05, 0) is 37.0 Å². The topological polar surface area (TPSA) is 32.3 Å². The number of aliphatic hydroxyl groups is 1. The van der Waals surface area contributed by atoms with E-state index in [4.69, 9.17) is 0 Å². The zero-order valence-corrected chi connectivity index (χ0v) is 10.4. The lowest BCUT2D eigenvalue weighted by molar-refractivity contribution is 0.191. The third kappa shape index (κ3) is 2.41. The van der Waals surface area contributed by atoms with Crippen molar-refractivity contribution in [1.82, 2.24) is 5.32 Å². The van der Waals surface area contributed by atoms with Crippen molar-refractivity contribution in [2.75, 3.05) is 13.2 Å². The highest BCUT2D eigenvalue weighted by molar-refractivity contribution is 9.10. The Balaban J connectivity index is 2.14. The standard InChI is InChI=1S/C12H16BrNO/c1-12(8-15)6-10(7-14-12)9-3-2-4-11(13)5-9/h2-5,10,14-15H,6-8H2,1H3. The SMILES string of the molecule is CC1(CO)CC(c2cccc(Br)c2)CN1. The molecule has 2 nitrogen and oxygen atoms in total. The smallest absolute Gasteiger partial charge is 0.0610 e. The van der Waals surface area contributed by atoms with E-state index >= 15 is 0 Å². The number of benzene rings is 1. The van der Waals surface area contributed by atoms with E-state index in [1.165, 1.54) is 5.56 Å². The van der Waals surface area contributed by atoms with Gasteiger partial charge in [-0.25, -0.2) is 0 Å². The third-order valence-electron chi connectivity index (χ3n) is 3.14. The fourth-order valence-electron chi connectivity index (χ4n) is 2.17. The highest BCUT2D eigenvalue weighted by Crippen LogP contribution is 2.32. The summed E-state index contributed by atoms with van der Waals surface area (Å²) in [6, 6.07) is 8.42. The van der Waals surface area contributed by atoms with Gasteiger partial charge in [0.25, 0.3) is 0 Å². The maximum Gasteiger partial charge on any atom is 0.0610 e. The van der Waals surface area contributed by atoms with Crippen LogP contribution in [0.2, 0.25) is 0 Å². The Morgan fingerprint density at radius 3 is 3.00 bits per heavy atom. The summed E-state index contributed by atoms with van der Waals surface area (Å²) in [7, 11) is 0. The zero-order chi connectivity index (χ0) is 10.9. The van der Waals surface area contributed by atoms with E-state index < -0.39 is 0 Å². The van der Waals surface area contributed by atoms with Crippen LogP contribution in [0.4, 0.5) is 0 Å². The molecule has 1 aliphatic heterocycles. The first kappa shape index (κ1) is 11.1. The molecule has 0 amide bonds. The van der Waals surface area contributed by atoms with Crippen LogP contribution in [-0.2, 0) is 0 Å². The van der Waals surface area contributed by atoms with E-state index in [0.29, 0.717) is 5.92 Å². The predicted molar refractivity (Wildman–Crippen MR) is 65.0 cm³/mol. The lowest BCUT2D eigenvalue weighted by Crippen LogP contribution is -2.39. The van der Waals surface area contributed by atoms with Crippen molar-refractivity contribution in [2.45, 2.75) is 24.8 Å². The van der Waals surface area contributed by atoms with Crippen LogP contribution in [-0.4, -0.2) is 23.8 Å². The largest absolute Gasteiger partial charge is 0.394 e. The summed E-state index contributed by atoms with van der Waals surface area (Å²) in [6.07, 6.45) is 1.000. The maximum atomic E-state index is 9.27. The highest BCUT2D eigenvalue weighted by atomic mass is 79.9. The van der Waals surface area contributed by atoms with Crippen molar-refractivity contribution in [1.29, 1.82) is 0 Å². The van der Waals surface area contributed by atoms with Crippen LogP contribution in [0.3, 0.4) is 0 Å². The van der Waals surface area contributed by atoms with Gasteiger partial charge >= 0.3 is 0 Å². The van der Waals surface area contributed by atoms with Crippen molar-refractivity contribution in [2.24, 2.45) is 0 Å². The Kier molecular flexibility index (Phi) is 3.14. The maximum absolute atomic E-state index is 9.27. The average molecular weight is 270 g/mol. The number of rotatable bonds is 2. The average Bonchev–Trinajstić information content (AvgIpc) is 2.62. The second kappa shape index (κ2) is 4.24. The van der Waals surface area contributed by atoms with Crippen LogP contribution < -0.4 is 5.32 Å². The van der Waals surface area contributed by atoms with Crippen LogP contribution >= 0.6 is 15.9 Å². The van der Waals surface area contributed by atoms with E-state index in [9.17, 15) is 5.11 Å². The summed E-state index contributed by atoms with van der Waals surface area (Å²) in [6.45, 7) is 3.23. The molecule has 2 N–H and O–H groups in total. The molecule has 0 bridgehead atoms. The van der Waals surface area contributed by atoms with Gasteiger partial charge in [-0.1, -0.05) is 28.1 Å². The van der Waals surface area contributed by atoms with Gasteiger partial charge in [0, 0.05) is 16.6 Å². The van der Waals surface area contributed by atoms with Crippen LogP contribution in [0.25, 0.3) is 0 Å². The van der Waals surface area contributed by atoms with Gasteiger partial charge in [-0.15, -0.1) is 0 Å². The summed E-state index contributed by atoms with van der Waals surface area (Å²) in [4.78, 5) is 0. The highest BCUT2D eigenvalue weighted by Gasteiger charge is 2.34. The minimum Gasteiger partial charge on any atom is -0.394 e. The normalized spacial score (nSPS) is 30.7. The second-order valence-electron chi connectivity index (χ2n) is 4.56. The van der Waals surface area contributed by atoms with Crippen LogP contribution in [0.15, 0.2) is 28.7 Å². The lowest BCUT2D eigenvalue weighted by Gasteiger charge is -2.21. The zero-order valence-electron chi connectivity index (χ0n) is 8.83. The van der Waals surface area contributed by atoms with Crippen LogP contribution in [0.1, 0.15) is 24.8 Å². The summed E-state index contributed by atoms with van der Waals surface area (Å²) >= 11 is 3.49. The van der Waals surface area contributed by atoms with Crippen molar-refractivity contribution in [3.8, 4) is 0 Å². The third-order valence-corrected chi connectivity index (χ3v) is 3.63. The van der Waals surface area contributed by atoms with Crippen LogP contribution in [0.5, 0.6) is 0 Å². The summed E-state index contributed by atoms with van der Waals surface area (Å²) in [5, 5.41) is 12.7. The molecule has 1 aromatic rings. The number of aliphatic hydroxyl groups excluding tert-OH is 1. The summed E-state index contributed by atoms with van der Waals surface area (Å²) < 4.78 is 1.12. The molecular weight excluding hydrogens is 254 g/mol. The molecule has 15 heavy (non-hydrogen) atoms. The van der Waals surface area contributed by atoms with Crippen molar-refractivity contribution < 1.29 is 5.11 Å². The molecule has 82 valence electrons. The Labute approximate surface area is 98.8 Å². The first-order chi connectivity index (χ1) is 7.13. The summed E-state index contributed by atoms with van der Waals surface area (Å²) in [5.74, 6) is 0.514. The van der Waals surface area contributed by atoms with Gasteiger partial charge < -0.3 is 10.4 Å². The van der Waals surface area contributed by atoms with Gasteiger partial charge in [0.05, 0.1) is 6.61 Å². The van der Waals surface area contributed by atoms with E-state index in [-0.39, 0.29) is 12.1 Å². The molecule has 1 saturated heterocycles. The fraction of sp³-hybridized carbons (Fsp3) is 0.500. The first-order valence-corrected chi connectivity index (χ1v) is 6.04. The minimum atomic E-state index is -0.104. The molecule has 0 spiro atoms. The Morgan fingerprint density at radius 1 is 1.60 bits per heavy atom. The first-order valence-electron chi connectivity index (χ1n) is 5.24. The van der Waals surface area contributed by atoms with Gasteiger partial charge in [-0.2, -0.15) is 0 Å². The number of hydrogen-bond acceptors (Lipinski definition) is 2. The number of hydrogen-bond donors (Lipinski definition) is 2. The predicted octanol–water partition coefficient (Wildman–Crippen LogP) is 2.28. The Bertz CT molecular complexity index is 355. The molecule has 1 heterocycles. The van der Waals surface area contributed by atoms with Gasteiger partial charge in [0.2, 0.25) is 0 Å². The molecule has 0 aromatic heterocycles. The summed E-state index contributed by atoms with van der Waals surface area (Å²) in [5.41, 5.74) is 1.24. The quantitative estimate of drug-likeness (QED) is 0.864. The lowest BCUT2D eigenvalue weighted by atomic mass is 9.91.